The van der Waals surface area contributed by atoms with E-state index in [1.807, 2.05) is 71.3 Å². The number of carbonyl (C=O) groups is 1. The van der Waals surface area contributed by atoms with E-state index in [9.17, 15) is 14.7 Å². The smallest absolute Gasteiger partial charge is 0.240 e. The van der Waals surface area contributed by atoms with Gasteiger partial charge in [0.2, 0.25) is 5.91 Å². The molecule has 2 aromatic carbocycles. The van der Waals surface area contributed by atoms with Gasteiger partial charge in [-0.2, -0.15) is 0 Å². The highest BCUT2D eigenvalue weighted by Crippen LogP contribution is 2.45. The number of ether oxygens (including phenoxy) is 1. The number of aryl methyl sites for hydroxylation is 2. The Kier molecular flexibility index (Phi) is 9.35. The van der Waals surface area contributed by atoms with Gasteiger partial charge in [0.15, 0.2) is 8.32 Å². The van der Waals surface area contributed by atoms with Crippen LogP contribution in [0.25, 0.3) is 0 Å². The summed E-state index contributed by atoms with van der Waals surface area (Å²) >= 11 is 0. The van der Waals surface area contributed by atoms with E-state index in [1.54, 1.807) is 0 Å². The Morgan fingerprint density at radius 2 is 1.85 bits per heavy atom. The first-order valence-corrected chi connectivity index (χ1v) is 17.8. The van der Waals surface area contributed by atoms with Crippen LogP contribution in [0.2, 0.25) is 18.6 Å². The molecule has 0 aliphatic carbocycles. The van der Waals surface area contributed by atoms with Gasteiger partial charge in [-0.05, 0) is 61.5 Å². The van der Waals surface area contributed by atoms with E-state index in [0.29, 0.717) is 19.6 Å². The minimum Gasteiger partial charge on any atom is -0.432 e. The highest BCUT2D eigenvalue weighted by molar-refractivity contribution is 6.71. The van der Waals surface area contributed by atoms with E-state index in [-0.39, 0.29) is 42.1 Å². The van der Waals surface area contributed by atoms with E-state index >= 15 is 0 Å². The van der Waals surface area contributed by atoms with Crippen LogP contribution in [0.15, 0.2) is 60.8 Å². The second kappa shape index (κ2) is 13.0. The molecule has 1 unspecified atom stereocenters. The molecule has 0 saturated carbocycles. The first kappa shape index (κ1) is 29.6. The number of amides is 1. The third-order valence-electron chi connectivity index (χ3n) is 8.71. The number of hydrogen-bond acceptors (Lipinski definition) is 7. The summed E-state index contributed by atoms with van der Waals surface area (Å²) in [5.74, 6) is 0.157. The third kappa shape index (κ3) is 6.95. The number of aromatic nitrogens is 3. The molecule has 2 aliphatic rings. The lowest BCUT2D eigenvalue weighted by Crippen LogP contribution is -2.48. The first-order chi connectivity index (χ1) is 19.7. The van der Waals surface area contributed by atoms with E-state index in [4.69, 9.17) is 4.74 Å². The van der Waals surface area contributed by atoms with Crippen LogP contribution in [0.1, 0.15) is 42.5 Å². The molecule has 3 heterocycles. The summed E-state index contributed by atoms with van der Waals surface area (Å²) in [5.41, 5.74) is 4.06. The molecular formula is C31H43N5O4Si. The first-order valence-electron chi connectivity index (χ1n) is 14.8. The molecule has 0 spiro atoms. The zero-order valence-electron chi connectivity index (χ0n) is 24.3. The summed E-state index contributed by atoms with van der Waals surface area (Å²) in [6.45, 7) is 8.75. The molecule has 9 nitrogen and oxygen atoms in total. The molecule has 5 rings (SSSR count). The van der Waals surface area contributed by atoms with Gasteiger partial charge < -0.3 is 24.9 Å². The maximum absolute atomic E-state index is 12.2. The van der Waals surface area contributed by atoms with Crippen molar-refractivity contribution in [2.75, 3.05) is 31.1 Å². The van der Waals surface area contributed by atoms with Gasteiger partial charge in [0, 0.05) is 37.1 Å². The van der Waals surface area contributed by atoms with Crippen molar-refractivity contribution < 1.29 is 19.4 Å². The molecule has 3 aromatic rings. The molecule has 5 atom stereocenters. The molecule has 1 aromatic heterocycles. The summed E-state index contributed by atoms with van der Waals surface area (Å²) in [7, 11) is -2.48. The summed E-state index contributed by atoms with van der Waals surface area (Å²) < 4.78 is 8.48. The lowest BCUT2D eigenvalue weighted by Gasteiger charge is -2.30. The van der Waals surface area contributed by atoms with Gasteiger partial charge in [-0.25, -0.2) is 0 Å². The van der Waals surface area contributed by atoms with Crippen LogP contribution in [0, 0.1) is 5.92 Å². The Morgan fingerprint density at radius 3 is 2.54 bits per heavy atom. The van der Waals surface area contributed by atoms with Crippen molar-refractivity contribution in [3.05, 3.63) is 77.6 Å². The normalized spacial score (nSPS) is 24.1. The molecule has 0 radical (unpaired) electrons. The standard InChI is InChI=1S/C31H43N5O4Si/c1-22-28(14-11-23-9-12-25(13-10-23)36-18-16-32-19-30(36)38)40-29(31(22)41(2,3)39)15-17-35-20-27(33-34-35)26(21-37)24-7-5-4-6-8-24/h4-10,12-13,20,22,26,28-29,31-32,37,39H,11,14-19,21H2,1-3H3/t22-,26?,28+,29-,31+/m1/s1. The van der Waals surface area contributed by atoms with Crippen molar-refractivity contribution in [1.82, 2.24) is 20.3 Å². The molecule has 10 heteroatoms. The van der Waals surface area contributed by atoms with Crippen LogP contribution < -0.4 is 10.2 Å². The summed E-state index contributed by atoms with van der Waals surface area (Å²) in [6, 6.07) is 18.2. The number of hydrogen-bond donors (Lipinski definition) is 3. The number of anilines is 1. The van der Waals surface area contributed by atoms with Crippen molar-refractivity contribution >= 4 is 19.9 Å². The number of aliphatic hydroxyl groups is 1. The van der Waals surface area contributed by atoms with E-state index < -0.39 is 8.32 Å². The molecular weight excluding hydrogens is 534 g/mol. The van der Waals surface area contributed by atoms with E-state index in [0.717, 1.165) is 42.8 Å². The largest absolute Gasteiger partial charge is 0.432 e. The molecule has 2 fully saturated rings. The second-order valence-electron chi connectivity index (χ2n) is 12.0. The van der Waals surface area contributed by atoms with Crippen LogP contribution >= 0.6 is 0 Å². The van der Waals surface area contributed by atoms with E-state index in [2.05, 4.69) is 34.7 Å². The van der Waals surface area contributed by atoms with Gasteiger partial charge in [0.1, 0.15) is 0 Å². The number of piperazine rings is 1. The zero-order valence-corrected chi connectivity index (χ0v) is 25.3. The zero-order chi connectivity index (χ0) is 29.0. The summed E-state index contributed by atoms with van der Waals surface area (Å²) in [5, 5.41) is 21.8. The molecule has 2 aliphatic heterocycles. The molecule has 3 N–H and O–H groups in total. The van der Waals surface area contributed by atoms with Crippen LogP contribution in [-0.4, -0.2) is 77.6 Å². The van der Waals surface area contributed by atoms with Gasteiger partial charge in [0.25, 0.3) is 0 Å². The van der Waals surface area contributed by atoms with Crippen LogP contribution in [0.4, 0.5) is 5.69 Å². The monoisotopic (exact) mass is 577 g/mol. The van der Waals surface area contributed by atoms with Crippen molar-refractivity contribution in [2.24, 2.45) is 5.92 Å². The lowest BCUT2D eigenvalue weighted by atomic mass is 9.95. The third-order valence-corrected chi connectivity index (χ3v) is 11.2. The van der Waals surface area contributed by atoms with Gasteiger partial charge in [-0.15, -0.1) is 5.10 Å². The van der Waals surface area contributed by atoms with Crippen LogP contribution in [0.3, 0.4) is 0 Å². The Bertz CT molecular complexity index is 1280. The van der Waals surface area contributed by atoms with E-state index in [1.165, 1.54) is 5.56 Å². The Morgan fingerprint density at radius 1 is 1.10 bits per heavy atom. The predicted octanol–water partition coefficient (Wildman–Crippen LogP) is 3.33. The number of nitrogens with zero attached hydrogens (tertiary/aromatic N) is 4. The maximum atomic E-state index is 12.2. The Balaban J connectivity index is 1.19. The molecule has 220 valence electrons. The van der Waals surface area contributed by atoms with Crippen molar-refractivity contribution in [2.45, 2.75) is 69.5 Å². The lowest BCUT2D eigenvalue weighted by molar-refractivity contribution is -0.118. The number of benzene rings is 2. The molecule has 2 saturated heterocycles. The minimum atomic E-state index is -2.48. The van der Waals surface area contributed by atoms with Crippen LogP contribution in [0.5, 0.6) is 0 Å². The van der Waals surface area contributed by atoms with Crippen LogP contribution in [-0.2, 0) is 22.5 Å². The summed E-state index contributed by atoms with van der Waals surface area (Å²) in [6.07, 6.45) is 4.45. The minimum absolute atomic E-state index is 0.0312. The van der Waals surface area contributed by atoms with Gasteiger partial charge in [0.05, 0.1) is 37.0 Å². The number of nitrogens with one attached hydrogen (secondary N) is 1. The fourth-order valence-electron chi connectivity index (χ4n) is 6.61. The predicted molar refractivity (Wildman–Crippen MR) is 161 cm³/mol. The summed E-state index contributed by atoms with van der Waals surface area (Å²) in [4.78, 5) is 25.3. The van der Waals surface area contributed by atoms with Gasteiger partial charge in [-0.3, -0.25) is 9.48 Å². The van der Waals surface area contributed by atoms with Crippen molar-refractivity contribution in [1.29, 1.82) is 0 Å². The van der Waals surface area contributed by atoms with Crippen molar-refractivity contribution in [3.8, 4) is 0 Å². The number of carbonyl (C=O) groups excluding carboxylic acids is 1. The highest BCUT2D eigenvalue weighted by Gasteiger charge is 2.49. The maximum Gasteiger partial charge on any atom is 0.240 e. The number of rotatable bonds is 11. The molecule has 0 bridgehead atoms. The Labute approximate surface area is 243 Å². The van der Waals surface area contributed by atoms with Gasteiger partial charge in [-0.1, -0.05) is 54.6 Å². The molecule has 1 amide bonds. The Hall–Kier alpha value is -2.89. The second-order valence-corrected chi connectivity index (χ2v) is 16.0. The fraction of sp³-hybridized carbons (Fsp3) is 0.516. The SMILES string of the molecule is C[C@H]1[C@H]([Si](C)(C)O)[C@@H](CCn2cc(C(CO)c3ccccc3)nn2)O[C@H]1CCc1ccc(N2CCNCC2=O)cc1. The van der Waals surface area contributed by atoms with Gasteiger partial charge >= 0.3 is 0 Å². The fourth-order valence-corrected chi connectivity index (χ4v) is 9.26. The average molecular weight is 578 g/mol. The van der Waals surface area contributed by atoms with Crippen molar-refractivity contribution in [3.63, 3.8) is 0 Å². The average Bonchev–Trinajstić information content (AvgIpc) is 3.56. The topological polar surface area (TPSA) is 113 Å². The highest BCUT2D eigenvalue weighted by atomic mass is 28.4. The molecule has 41 heavy (non-hydrogen) atoms. The quantitative estimate of drug-likeness (QED) is 0.300. The number of aliphatic hydroxyl groups excluding tert-OH is 1.